The number of rotatable bonds is 6. The maximum atomic E-state index is 14.0. The molecule has 0 aliphatic rings. The third-order valence-corrected chi connectivity index (χ3v) is 3.41. The van der Waals surface area contributed by atoms with Crippen molar-refractivity contribution in [3.63, 3.8) is 0 Å². The van der Waals surface area contributed by atoms with Crippen LogP contribution in [0.5, 0.6) is 5.75 Å². The van der Waals surface area contributed by atoms with E-state index >= 15 is 0 Å². The number of likely N-dealkylation sites (N-methyl/N-ethyl adjacent to an activating group) is 2. The Morgan fingerprint density at radius 3 is 2.87 bits per heavy atom. The first-order valence-corrected chi connectivity index (χ1v) is 7.14. The molecule has 7 heteroatoms. The zero-order valence-corrected chi connectivity index (χ0v) is 13.6. The first-order chi connectivity index (χ1) is 10.9. The molecule has 0 radical (unpaired) electrons. The number of hydrogen-bond acceptors (Lipinski definition) is 5. The summed E-state index contributed by atoms with van der Waals surface area (Å²) in [7, 11) is 4.90. The van der Waals surface area contributed by atoms with Crippen molar-refractivity contribution in [1.29, 1.82) is 0 Å². The number of aryl methyl sites for hydroxylation is 1. The summed E-state index contributed by atoms with van der Waals surface area (Å²) in [5, 5.41) is 2.56. The first-order valence-electron chi connectivity index (χ1n) is 7.14. The molecule has 1 heterocycles. The molecule has 1 amide bonds. The van der Waals surface area contributed by atoms with Gasteiger partial charge in [-0.25, -0.2) is 9.37 Å². The van der Waals surface area contributed by atoms with E-state index in [0.29, 0.717) is 23.7 Å². The van der Waals surface area contributed by atoms with Crippen LogP contribution in [0.1, 0.15) is 11.5 Å². The molecule has 1 aromatic heterocycles. The van der Waals surface area contributed by atoms with Crippen molar-refractivity contribution in [2.75, 3.05) is 27.7 Å². The minimum atomic E-state index is -0.433. The largest absolute Gasteiger partial charge is 0.497 e. The fourth-order valence-electron chi connectivity index (χ4n) is 2.12. The minimum absolute atomic E-state index is 0.0901. The number of nitrogens with one attached hydrogen (secondary N) is 1. The number of nitrogens with zero attached hydrogens (tertiary/aromatic N) is 2. The van der Waals surface area contributed by atoms with Crippen LogP contribution in [0.2, 0.25) is 0 Å². The number of amides is 1. The van der Waals surface area contributed by atoms with Crippen LogP contribution >= 0.6 is 0 Å². The van der Waals surface area contributed by atoms with Crippen LogP contribution < -0.4 is 10.1 Å². The van der Waals surface area contributed by atoms with Crippen molar-refractivity contribution in [3.8, 4) is 17.2 Å². The molecule has 0 saturated carbocycles. The highest BCUT2D eigenvalue weighted by molar-refractivity contribution is 5.77. The van der Waals surface area contributed by atoms with Gasteiger partial charge >= 0.3 is 0 Å². The maximum Gasteiger partial charge on any atom is 0.233 e. The lowest BCUT2D eigenvalue weighted by molar-refractivity contribution is -0.121. The maximum absolute atomic E-state index is 14.0. The first kappa shape index (κ1) is 17.0. The lowest BCUT2D eigenvalue weighted by atomic mass is 10.2. The van der Waals surface area contributed by atoms with E-state index in [1.54, 1.807) is 32.0 Å². The van der Waals surface area contributed by atoms with E-state index in [2.05, 4.69) is 10.3 Å². The Balaban J connectivity index is 2.22. The second-order valence-electron chi connectivity index (χ2n) is 5.21. The van der Waals surface area contributed by atoms with Crippen LogP contribution in [0.3, 0.4) is 0 Å². The van der Waals surface area contributed by atoms with E-state index in [1.165, 1.54) is 19.2 Å². The third-order valence-electron chi connectivity index (χ3n) is 3.41. The number of carbonyl (C=O) groups excluding carboxylic acids is 1. The summed E-state index contributed by atoms with van der Waals surface area (Å²) < 4.78 is 24.7. The third kappa shape index (κ3) is 4.07. The molecule has 1 aromatic carbocycles. The van der Waals surface area contributed by atoms with Crippen molar-refractivity contribution in [2.45, 2.75) is 13.5 Å². The SMILES string of the molecule is CNC(=O)CN(C)Cc1nc(-c2cc(OC)ccc2F)oc1C. The van der Waals surface area contributed by atoms with Gasteiger partial charge in [0.25, 0.3) is 0 Å². The normalized spacial score (nSPS) is 10.9. The second kappa shape index (κ2) is 7.23. The lowest BCUT2D eigenvalue weighted by Crippen LogP contribution is -2.32. The van der Waals surface area contributed by atoms with E-state index in [1.807, 2.05) is 0 Å². The smallest absolute Gasteiger partial charge is 0.233 e. The monoisotopic (exact) mass is 321 g/mol. The van der Waals surface area contributed by atoms with Gasteiger partial charge in [-0.2, -0.15) is 0 Å². The molecule has 2 rings (SSSR count). The summed E-state index contributed by atoms with van der Waals surface area (Å²) in [5.74, 6) is 0.786. The van der Waals surface area contributed by atoms with Gasteiger partial charge in [-0.1, -0.05) is 0 Å². The van der Waals surface area contributed by atoms with Gasteiger partial charge in [0.15, 0.2) is 0 Å². The fraction of sp³-hybridized carbons (Fsp3) is 0.375. The molecule has 124 valence electrons. The Morgan fingerprint density at radius 1 is 1.48 bits per heavy atom. The molecule has 0 fully saturated rings. The van der Waals surface area contributed by atoms with Crippen LogP contribution in [0.15, 0.2) is 22.6 Å². The van der Waals surface area contributed by atoms with Crippen molar-refractivity contribution in [1.82, 2.24) is 15.2 Å². The highest BCUT2D eigenvalue weighted by Gasteiger charge is 2.17. The molecule has 0 aliphatic carbocycles. The number of oxazole rings is 1. The minimum Gasteiger partial charge on any atom is -0.497 e. The molecular weight excluding hydrogens is 301 g/mol. The van der Waals surface area contributed by atoms with Gasteiger partial charge in [-0.05, 0) is 32.2 Å². The van der Waals surface area contributed by atoms with Crippen LogP contribution in [-0.2, 0) is 11.3 Å². The zero-order valence-electron chi connectivity index (χ0n) is 13.6. The van der Waals surface area contributed by atoms with Crippen LogP contribution in [0, 0.1) is 12.7 Å². The standard InChI is InChI=1S/C16H20FN3O3/c1-10-14(8-20(3)9-15(21)18-2)19-16(23-10)12-7-11(22-4)5-6-13(12)17/h5-7H,8-9H2,1-4H3,(H,18,21). The average molecular weight is 321 g/mol. The molecular formula is C16H20FN3O3. The molecule has 0 unspecified atom stereocenters. The molecule has 2 aromatic rings. The molecule has 0 atom stereocenters. The summed E-state index contributed by atoms with van der Waals surface area (Å²) in [6.45, 7) is 2.43. The van der Waals surface area contributed by atoms with Crippen molar-refractivity contribution in [3.05, 3.63) is 35.5 Å². The summed E-state index contributed by atoms with van der Waals surface area (Å²) in [4.78, 5) is 17.5. The van der Waals surface area contributed by atoms with Crippen molar-refractivity contribution >= 4 is 5.91 Å². The Hall–Kier alpha value is -2.41. The van der Waals surface area contributed by atoms with Gasteiger partial charge < -0.3 is 14.5 Å². The average Bonchev–Trinajstić information content (AvgIpc) is 2.88. The van der Waals surface area contributed by atoms with Gasteiger partial charge in [0.05, 0.1) is 24.9 Å². The molecule has 1 N–H and O–H groups in total. The topological polar surface area (TPSA) is 67.6 Å². The fourth-order valence-corrected chi connectivity index (χ4v) is 2.12. The molecule has 0 spiro atoms. The summed E-state index contributed by atoms with van der Waals surface area (Å²) in [5.41, 5.74) is 0.904. The predicted molar refractivity (Wildman–Crippen MR) is 83.6 cm³/mol. The van der Waals surface area contributed by atoms with E-state index in [9.17, 15) is 9.18 Å². The number of carbonyl (C=O) groups is 1. The molecule has 0 bridgehead atoms. The molecule has 23 heavy (non-hydrogen) atoms. The number of benzene rings is 1. The summed E-state index contributed by atoms with van der Waals surface area (Å²) in [6, 6.07) is 4.39. The van der Waals surface area contributed by atoms with Gasteiger partial charge in [-0.15, -0.1) is 0 Å². The Labute approximate surface area is 134 Å². The van der Waals surface area contributed by atoms with Crippen LogP contribution in [0.25, 0.3) is 11.5 Å². The Kier molecular flexibility index (Phi) is 5.33. The van der Waals surface area contributed by atoms with Gasteiger partial charge in [0.2, 0.25) is 11.8 Å². The molecule has 0 saturated heterocycles. The van der Waals surface area contributed by atoms with Crippen LogP contribution in [0.4, 0.5) is 4.39 Å². The number of methoxy groups -OCH3 is 1. The summed E-state index contributed by atoms with van der Waals surface area (Å²) in [6.07, 6.45) is 0. The molecule has 0 aliphatic heterocycles. The number of ether oxygens (including phenoxy) is 1. The summed E-state index contributed by atoms with van der Waals surface area (Å²) >= 11 is 0. The van der Waals surface area contributed by atoms with Crippen molar-refractivity contribution in [2.24, 2.45) is 0 Å². The van der Waals surface area contributed by atoms with Crippen molar-refractivity contribution < 1.29 is 18.3 Å². The molecule has 6 nitrogen and oxygen atoms in total. The van der Waals surface area contributed by atoms with Gasteiger partial charge in [0, 0.05) is 13.6 Å². The van der Waals surface area contributed by atoms with Crippen LogP contribution in [-0.4, -0.2) is 43.5 Å². The number of aromatic nitrogens is 1. The Bertz CT molecular complexity index is 700. The number of hydrogen-bond donors (Lipinski definition) is 1. The van der Waals surface area contributed by atoms with E-state index < -0.39 is 5.82 Å². The zero-order chi connectivity index (χ0) is 17.0. The highest BCUT2D eigenvalue weighted by Crippen LogP contribution is 2.28. The second-order valence-corrected chi connectivity index (χ2v) is 5.21. The quantitative estimate of drug-likeness (QED) is 0.881. The van der Waals surface area contributed by atoms with E-state index in [-0.39, 0.29) is 23.9 Å². The number of halogens is 1. The van der Waals surface area contributed by atoms with E-state index in [0.717, 1.165) is 0 Å². The van der Waals surface area contributed by atoms with Gasteiger partial charge in [0.1, 0.15) is 17.3 Å². The lowest BCUT2D eigenvalue weighted by Gasteiger charge is -2.13. The van der Waals surface area contributed by atoms with Gasteiger partial charge in [-0.3, -0.25) is 9.69 Å². The predicted octanol–water partition coefficient (Wildman–Crippen LogP) is 1.98. The Morgan fingerprint density at radius 2 is 2.22 bits per heavy atom. The highest BCUT2D eigenvalue weighted by atomic mass is 19.1. The van der Waals surface area contributed by atoms with E-state index in [4.69, 9.17) is 9.15 Å².